The van der Waals surface area contributed by atoms with Crippen molar-refractivity contribution in [3.63, 3.8) is 0 Å². The molecule has 0 aliphatic carbocycles. The molecular weight excluding hydrogens is 472 g/mol. The second kappa shape index (κ2) is 13.9. The maximum Gasteiger partial charge on any atom is 0.183 e. The predicted octanol–water partition coefficient (Wildman–Crippen LogP) is 6.41. The van der Waals surface area contributed by atoms with Crippen molar-refractivity contribution in [1.82, 2.24) is 9.97 Å². The first kappa shape index (κ1) is 28.5. The van der Waals surface area contributed by atoms with Gasteiger partial charge >= 0.3 is 0 Å². The Morgan fingerprint density at radius 2 is 1.86 bits per heavy atom. The number of nitrogens with one attached hydrogen (secondary N) is 2. The van der Waals surface area contributed by atoms with E-state index in [1.807, 2.05) is 67.9 Å². The molecule has 4 aromatic rings. The van der Waals surface area contributed by atoms with Crippen molar-refractivity contribution in [2.45, 2.75) is 46.3 Å². The minimum absolute atomic E-state index is 0.351. The minimum Gasteiger partial charge on any atom is -0.480 e. The fourth-order valence-electron chi connectivity index (χ4n) is 3.09. The number of benzene rings is 2. The number of carbonyl (C=O) groups is 2. The van der Waals surface area contributed by atoms with Gasteiger partial charge < -0.3 is 19.8 Å². The zero-order valence-electron chi connectivity index (χ0n) is 21.4. The number of ether oxygens (including phenoxy) is 1. The lowest BCUT2D eigenvalue weighted by atomic mass is 10.1. The molecule has 0 bridgehead atoms. The number of carbonyl (C=O) groups excluding carboxylic acids is 2. The van der Waals surface area contributed by atoms with Gasteiger partial charge in [-0.1, -0.05) is 18.2 Å². The van der Waals surface area contributed by atoms with Crippen LogP contribution in [0.3, 0.4) is 0 Å². The molecule has 0 unspecified atom stereocenters. The van der Waals surface area contributed by atoms with E-state index in [2.05, 4.69) is 46.3 Å². The third-order valence-corrected chi connectivity index (χ3v) is 5.58. The van der Waals surface area contributed by atoms with Crippen molar-refractivity contribution < 1.29 is 14.3 Å². The first-order chi connectivity index (χ1) is 17.3. The van der Waals surface area contributed by atoms with E-state index in [1.54, 1.807) is 25.2 Å². The van der Waals surface area contributed by atoms with Crippen LogP contribution in [0.25, 0.3) is 22.2 Å². The zero-order valence-corrected chi connectivity index (χ0v) is 22.3. The molecular formula is C28H34N4O3S. The number of aromatic amines is 1. The third-order valence-electron chi connectivity index (χ3n) is 4.78. The SMILES string of the molecule is C=O.CC(C)N=Cc1c[nH]c2ccccc12.CCNc1nc(-c2ccc(OC(C)(C)C=O)cc2)cs1. The van der Waals surface area contributed by atoms with Crippen LogP contribution < -0.4 is 10.1 Å². The monoisotopic (exact) mass is 506 g/mol. The molecule has 0 atom stereocenters. The molecule has 0 aliphatic rings. The summed E-state index contributed by atoms with van der Waals surface area (Å²) in [6.45, 7) is 12.5. The van der Waals surface area contributed by atoms with Gasteiger partial charge in [-0.3, -0.25) is 9.79 Å². The number of rotatable bonds is 8. The molecule has 4 rings (SSSR count). The summed E-state index contributed by atoms with van der Waals surface area (Å²) in [4.78, 5) is 30.9. The fourth-order valence-corrected chi connectivity index (χ4v) is 3.88. The smallest absolute Gasteiger partial charge is 0.183 e. The van der Waals surface area contributed by atoms with Crippen LogP contribution in [0.1, 0.15) is 40.2 Å². The van der Waals surface area contributed by atoms with Crippen LogP contribution in [-0.2, 0) is 9.59 Å². The van der Waals surface area contributed by atoms with E-state index in [9.17, 15) is 4.79 Å². The number of hydrogen-bond donors (Lipinski definition) is 2. The topological polar surface area (TPSA) is 96.4 Å². The van der Waals surface area contributed by atoms with E-state index < -0.39 is 5.60 Å². The van der Waals surface area contributed by atoms with E-state index in [0.29, 0.717) is 11.8 Å². The van der Waals surface area contributed by atoms with Crippen molar-refractivity contribution in [2.24, 2.45) is 4.99 Å². The van der Waals surface area contributed by atoms with Crippen molar-refractivity contribution in [2.75, 3.05) is 11.9 Å². The molecule has 7 nitrogen and oxygen atoms in total. The van der Waals surface area contributed by atoms with Gasteiger partial charge in [-0.25, -0.2) is 4.98 Å². The van der Waals surface area contributed by atoms with Gasteiger partial charge in [-0.2, -0.15) is 0 Å². The highest BCUT2D eigenvalue weighted by molar-refractivity contribution is 7.14. The number of H-pyrrole nitrogens is 1. The number of nitrogens with zero attached hydrogens (tertiary/aromatic N) is 2. The van der Waals surface area contributed by atoms with Gasteiger partial charge in [0, 0.05) is 52.4 Å². The number of anilines is 1. The Balaban J connectivity index is 0.000000250. The molecule has 2 heterocycles. The Labute approximate surface area is 216 Å². The number of aliphatic imine (C=N–C) groups is 1. The van der Waals surface area contributed by atoms with Gasteiger partial charge in [0.1, 0.15) is 12.5 Å². The first-order valence-electron chi connectivity index (χ1n) is 11.6. The molecule has 190 valence electrons. The van der Waals surface area contributed by atoms with Gasteiger partial charge in [0.2, 0.25) is 0 Å². The lowest BCUT2D eigenvalue weighted by Crippen LogP contribution is -2.29. The molecule has 0 fully saturated rings. The number of hydrogen-bond acceptors (Lipinski definition) is 7. The van der Waals surface area contributed by atoms with E-state index in [0.717, 1.165) is 40.3 Å². The first-order valence-corrected chi connectivity index (χ1v) is 12.5. The highest BCUT2D eigenvalue weighted by Gasteiger charge is 2.18. The van der Waals surface area contributed by atoms with Gasteiger partial charge in [-0.05, 0) is 65.0 Å². The summed E-state index contributed by atoms with van der Waals surface area (Å²) in [5.41, 5.74) is 3.49. The second-order valence-corrected chi connectivity index (χ2v) is 9.44. The quantitative estimate of drug-likeness (QED) is 0.213. The van der Waals surface area contributed by atoms with Crippen LogP contribution in [0.5, 0.6) is 5.75 Å². The molecule has 2 aromatic carbocycles. The average Bonchev–Trinajstić information content (AvgIpc) is 3.52. The normalized spacial score (nSPS) is 10.9. The van der Waals surface area contributed by atoms with E-state index in [-0.39, 0.29) is 0 Å². The van der Waals surface area contributed by atoms with Crippen molar-refractivity contribution >= 4 is 46.7 Å². The molecule has 0 amide bonds. The largest absolute Gasteiger partial charge is 0.480 e. The second-order valence-electron chi connectivity index (χ2n) is 8.58. The molecule has 2 N–H and O–H groups in total. The number of aldehydes is 1. The van der Waals surface area contributed by atoms with Crippen LogP contribution >= 0.6 is 11.3 Å². The highest BCUT2D eigenvalue weighted by atomic mass is 32.1. The number of aromatic nitrogens is 2. The van der Waals surface area contributed by atoms with Crippen molar-refractivity contribution in [1.29, 1.82) is 0 Å². The minimum atomic E-state index is -0.805. The van der Waals surface area contributed by atoms with E-state index in [1.165, 1.54) is 5.39 Å². The molecule has 0 saturated carbocycles. The molecule has 2 aromatic heterocycles. The molecule has 0 spiro atoms. The third kappa shape index (κ3) is 8.46. The fraction of sp³-hybridized carbons (Fsp3) is 0.286. The predicted molar refractivity (Wildman–Crippen MR) is 151 cm³/mol. The van der Waals surface area contributed by atoms with Crippen molar-refractivity contribution in [3.05, 3.63) is 65.7 Å². The van der Waals surface area contributed by atoms with E-state index >= 15 is 0 Å². The lowest BCUT2D eigenvalue weighted by molar-refractivity contribution is -0.119. The average molecular weight is 507 g/mol. The Bertz CT molecular complexity index is 1240. The van der Waals surface area contributed by atoms with Crippen molar-refractivity contribution in [3.8, 4) is 17.0 Å². The summed E-state index contributed by atoms with van der Waals surface area (Å²) in [6.07, 6.45) is 4.73. The van der Waals surface area contributed by atoms with Crippen LogP contribution in [0.4, 0.5) is 5.13 Å². The molecule has 0 saturated heterocycles. The summed E-state index contributed by atoms with van der Waals surface area (Å²) >= 11 is 1.59. The Morgan fingerprint density at radius 3 is 2.50 bits per heavy atom. The van der Waals surface area contributed by atoms with Gasteiger partial charge in [0.05, 0.1) is 5.69 Å². The zero-order chi connectivity index (χ0) is 26.6. The van der Waals surface area contributed by atoms with E-state index in [4.69, 9.17) is 9.53 Å². The summed E-state index contributed by atoms with van der Waals surface area (Å²) in [6, 6.07) is 16.2. The Kier molecular flexibility index (Phi) is 11.0. The summed E-state index contributed by atoms with van der Waals surface area (Å²) in [7, 11) is 0. The Hall–Kier alpha value is -3.78. The molecule has 0 aliphatic heterocycles. The number of thiazole rings is 1. The summed E-state index contributed by atoms with van der Waals surface area (Å²) in [5, 5.41) is 7.36. The lowest BCUT2D eigenvalue weighted by Gasteiger charge is -2.19. The van der Waals surface area contributed by atoms with Crippen LogP contribution in [-0.4, -0.2) is 47.4 Å². The number of para-hydroxylation sites is 1. The summed E-state index contributed by atoms with van der Waals surface area (Å²) < 4.78 is 5.59. The van der Waals surface area contributed by atoms with Gasteiger partial charge in [0.15, 0.2) is 17.0 Å². The highest BCUT2D eigenvalue weighted by Crippen LogP contribution is 2.27. The Morgan fingerprint density at radius 1 is 1.17 bits per heavy atom. The summed E-state index contributed by atoms with van der Waals surface area (Å²) in [5.74, 6) is 0.674. The van der Waals surface area contributed by atoms with Gasteiger partial charge in [0.25, 0.3) is 0 Å². The van der Waals surface area contributed by atoms with Crippen LogP contribution in [0.15, 0.2) is 65.1 Å². The number of fused-ring (bicyclic) bond motifs is 1. The molecule has 8 heteroatoms. The maximum atomic E-state index is 10.8. The standard InChI is InChI=1S/C15H18N2O2S.C12H14N2.CH2O/c1-4-16-14-17-13(9-20-14)11-5-7-12(8-6-11)19-15(2,3)10-18;1-9(2)13-7-10-8-14-12-6-4-3-5-11(10)12;1-2/h5-10H,4H2,1-3H3,(H,16,17);3-9,14H,1-2H3;1H2. The maximum absolute atomic E-state index is 10.8. The molecule has 36 heavy (non-hydrogen) atoms. The molecule has 0 radical (unpaired) electrons. The van der Waals surface area contributed by atoms with Gasteiger partial charge in [-0.15, -0.1) is 11.3 Å². The van der Waals surface area contributed by atoms with Crippen LogP contribution in [0, 0.1) is 0 Å². The van der Waals surface area contributed by atoms with Crippen LogP contribution in [0.2, 0.25) is 0 Å².